The van der Waals surface area contributed by atoms with Gasteiger partial charge < -0.3 is 25.1 Å². The summed E-state index contributed by atoms with van der Waals surface area (Å²) in [6, 6.07) is 13.9. The maximum Gasteiger partial charge on any atom is 0.303 e. The van der Waals surface area contributed by atoms with E-state index in [-0.39, 0.29) is 68.4 Å². The minimum atomic E-state index is -2.96. The van der Waals surface area contributed by atoms with Crippen molar-refractivity contribution in [2.45, 2.75) is 44.6 Å². The normalized spacial score (nSPS) is 14.4. The molecule has 0 aliphatic carbocycles. The number of oxazole rings is 1. The van der Waals surface area contributed by atoms with Gasteiger partial charge in [-0.3, -0.25) is 19.2 Å². The van der Waals surface area contributed by atoms with Crippen molar-refractivity contribution in [2.24, 2.45) is 0 Å². The Hall–Kier alpha value is -4.61. The number of piperidine rings is 1. The molecule has 0 bridgehead atoms. The van der Waals surface area contributed by atoms with Crippen LogP contribution in [0.3, 0.4) is 0 Å². The van der Waals surface area contributed by atoms with Crippen LogP contribution in [0.2, 0.25) is 0 Å². The molecule has 12 heteroatoms. The molecule has 40 heavy (non-hydrogen) atoms. The zero-order chi connectivity index (χ0) is 28.7. The molecule has 1 saturated heterocycles. The molecule has 3 aromatic rings. The first-order valence-corrected chi connectivity index (χ1v) is 12.7. The zero-order valence-electron chi connectivity index (χ0n) is 21.5. The van der Waals surface area contributed by atoms with E-state index >= 15 is 0 Å². The van der Waals surface area contributed by atoms with Crippen molar-refractivity contribution in [3.63, 3.8) is 0 Å². The molecule has 1 fully saturated rings. The number of halogens is 2. The summed E-state index contributed by atoms with van der Waals surface area (Å²) < 4.78 is 33.0. The number of carboxylic acid groups (broad SMARTS) is 1. The molecule has 3 N–H and O–H groups in total. The Balaban J connectivity index is 1.51. The van der Waals surface area contributed by atoms with Crippen LogP contribution in [0.1, 0.15) is 47.3 Å². The second-order valence-electron chi connectivity index (χ2n) is 9.48. The van der Waals surface area contributed by atoms with Gasteiger partial charge in [-0.15, -0.1) is 0 Å². The van der Waals surface area contributed by atoms with Gasteiger partial charge in [0.05, 0.1) is 19.4 Å². The highest BCUT2D eigenvalue weighted by Gasteiger charge is 2.38. The fraction of sp³-hybridized carbons (Fsp3) is 0.321. The SMILES string of the molecule is O=C(O)CCC(=O)Nc1cc(-c2nc(C(=O)N3CCCC(F)(F)C3)co2)ccc1CNC(=O)Cc1ccccc1. The fourth-order valence-corrected chi connectivity index (χ4v) is 4.26. The van der Waals surface area contributed by atoms with Gasteiger partial charge in [-0.25, -0.2) is 13.8 Å². The molecule has 10 nitrogen and oxygen atoms in total. The first-order valence-electron chi connectivity index (χ1n) is 12.7. The average molecular weight is 555 g/mol. The van der Waals surface area contributed by atoms with Gasteiger partial charge in [0.15, 0.2) is 5.69 Å². The quantitative estimate of drug-likeness (QED) is 0.345. The Morgan fingerprint density at radius 1 is 1.05 bits per heavy atom. The molecule has 0 unspecified atom stereocenters. The third-order valence-corrected chi connectivity index (χ3v) is 6.28. The number of benzene rings is 2. The number of nitrogens with one attached hydrogen (secondary N) is 2. The standard InChI is InChI=1S/C28H28F2N4O6/c29-28(30)11-4-12-34(17-28)27(39)22-16-40-26(33-22)19-7-8-20(21(14-19)32-23(35)9-10-25(37)38)15-31-24(36)13-18-5-2-1-3-6-18/h1-3,5-8,14,16H,4,9-13,15,17H2,(H,31,36)(H,32,35)(H,37,38). The van der Waals surface area contributed by atoms with Crippen LogP contribution in [0.25, 0.3) is 11.5 Å². The van der Waals surface area contributed by atoms with E-state index in [1.165, 1.54) is 6.07 Å². The number of alkyl halides is 2. The van der Waals surface area contributed by atoms with E-state index in [0.29, 0.717) is 11.1 Å². The number of aliphatic carboxylic acids is 1. The number of carbonyl (C=O) groups excluding carboxylic acids is 3. The second kappa shape index (κ2) is 12.5. The van der Waals surface area contributed by atoms with Crippen molar-refractivity contribution in [2.75, 3.05) is 18.4 Å². The fourth-order valence-electron chi connectivity index (χ4n) is 4.26. The lowest BCUT2D eigenvalue weighted by atomic mass is 10.1. The van der Waals surface area contributed by atoms with Crippen LogP contribution < -0.4 is 10.6 Å². The molecule has 0 saturated carbocycles. The van der Waals surface area contributed by atoms with E-state index in [4.69, 9.17) is 9.52 Å². The van der Waals surface area contributed by atoms with E-state index < -0.39 is 30.3 Å². The molecule has 0 atom stereocenters. The minimum Gasteiger partial charge on any atom is -0.481 e. The number of aromatic nitrogens is 1. The summed E-state index contributed by atoms with van der Waals surface area (Å²) in [5, 5.41) is 14.3. The van der Waals surface area contributed by atoms with Crippen LogP contribution in [0, 0.1) is 0 Å². The van der Waals surface area contributed by atoms with E-state index in [1.807, 2.05) is 30.3 Å². The third-order valence-electron chi connectivity index (χ3n) is 6.28. The Bertz CT molecular complexity index is 1390. The highest BCUT2D eigenvalue weighted by molar-refractivity contribution is 5.94. The molecule has 4 rings (SSSR count). The van der Waals surface area contributed by atoms with Crippen LogP contribution in [-0.4, -0.2) is 57.7 Å². The maximum atomic E-state index is 13.8. The number of carbonyl (C=O) groups is 4. The molecule has 3 amide bonds. The lowest BCUT2D eigenvalue weighted by Gasteiger charge is -2.31. The molecule has 1 aliphatic rings. The van der Waals surface area contributed by atoms with E-state index in [9.17, 15) is 28.0 Å². The van der Waals surface area contributed by atoms with Crippen LogP contribution >= 0.6 is 0 Å². The van der Waals surface area contributed by atoms with E-state index in [0.717, 1.165) is 16.7 Å². The van der Waals surface area contributed by atoms with Gasteiger partial charge in [-0.1, -0.05) is 36.4 Å². The van der Waals surface area contributed by atoms with E-state index in [2.05, 4.69) is 15.6 Å². The van der Waals surface area contributed by atoms with Crippen molar-refractivity contribution in [1.29, 1.82) is 0 Å². The van der Waals surface area contributed by atoms with Crippen molar-refractivity contribution >= 4 is 29.4 Å². The summed E-state index contributed by atoms with van der Waals surface area (Å²) in [5.41, 5.74) is 1.90. The largest absolute Gasteiger partial charge is 0.481 e. The predicted molar refractivity (Wildman–Crippen MR) is 140 cm³/mol. The molecule has 1 aromatic heterocycles. The monoisotopic (exact) mass is 554 g/mol. The highest BCUT2D eigenvalue weighted by atomic mass is 19.3. The summed E-state index contributed by atoms with van der Waals surface area (Å²) in [5.74, 6) is -5.52. The van der Waals surface area contributed by atoms with Gasteiger partial charge in [0, 0.05) is 37.2 Å². The Kier molecular flexibility index (Phi) is 8.87. The van der Waals surface area contributed by atoms with Crippen molar-refractivity contribution in [1.82, 2.24) is 15.2 Å². The maximum absolute atomic E-state index is 13.8. The Labute approximate surface area is 228 Å². The zero-order valence-corrected chi connectivity index (χ0v) is 21.5. The summed E-state index contributed by atoms with van der Waals surface area (Å²) in [6.45, 7) is -0.432. The first-order chi connectivity index (χ1) is 19.1. The van der Waals surface area contributed by atoms with Crippen LogP contribution in [-0.2, 0) is 27.3 Å². The average Bonchev–Trinajstić information content (AvgIpc) is 3.41. The molecular formula is C28H28F2N4O6. The second-order valence-corrected chi connectivity index (χ2v) is 9.48. The molecule has 2 heterocycles. The van der Waals surface area contributed by atoms with Gasteiger partial charge in [0.2, 0.25) is 17.7 Å². The number of nitrogens with zero attached hydrogens (tertiary/aromatic N) is 2. The molecule has 210 valence electrons. The smallest absolute Gasteiger partial charge is 0.303 e. The van der Waals surface area contributed by atoms with Gasteiger partial charge in [0.25, 0.3) is 11.8 Å². The third kappa shape index (κ3) is 7.71. The van der Waals surface area contributed by atoms with Crippen LogP contribution in [0.15, 0.2) is 59.2 Å². The number of hydrogen-bond donors (Lipinski definition) is 3. The Morgan fingerprint density at radius 3 is 2.55 bits per heavy atom. The number of amides is 3. The lowest BCUT2D eigenvalue weighted by molar-refractivity contribution is -0.138. The number of hydrogen-bond acceptors (Lipinski definition) is 6. The van der Waals surface area contributed by atoms with E-state index in [1.54, 1.807) is 12.1 Å². The minimum absolute atomic E-state index is 0.0211. The number of carboxylic acids is 1. The molecule has 0 radical (unpaired) electrons. The lowest BCUT2D eigenvalue weighted by Crippen LogP contribution is -2.45. The summed E-state index contributed by atoms with van der Waals surface area (Å²) in [4.78, 5) is 53.7. The summed E-state index contributed by atoms with van der Waals surface area (Å²) in [7, 11) is 0. The Morgan fingerprint density at radius 2 is 1.82 bits per heavy atom. The van der Waals surface area contributed by atoms with Crippen molar-refractivity contribution in [3.05, 3.63) is 71.6 Å². The number of likely N-dealkylation sites (tertiary alicyclic amines) is 1. The summed E-state index contributed by atoms with van der Waals surface area (Å²) in [6.07, 6.45) is 0.522. The molecule has 2 aromatic carbocycles. The van der Waals surface area contributed by atoms with Crippen LogP contribution in [0.4, 0.5) is 14.5 Å². The highest BCUT2D eigenvalue weighted by Crippen LogP contribution is 2.29. The van der Waals surface area contributed by atoms with Crippen molar-refractivity contribution < 1.29 is 37.5 Å². The van der Waals surface area contributed by atoms with Gasteiger partial charge in [-0.2, -0.15) is 0 Å². The van der Waals surface area contributed by atoms with Gasteiger partial charge in [-0.05, 0) is 29.7 Å². The topological polar surface area (TPSA) is 142 Å². The van der Waals surface area contributed by atoms with Gasteiger partial charge in [0.1, 0.15) is 6.26 Å². The predicted octanol–water partition coefficient (Wildman–Crippen LogP) is 3.88. The van der Waals surface area contributed by atoms with Crippen LogP contribution in [0.5, 0.6) is 0 Å². The molecule has 1 aliphatic heterocycles. The summed E-state index contributed by atoms with van der Waals surface area (Å²) >= 11 is 0. The molecule has 0 spiro atoms. The molecular weight excluding hydrogens is 526 g/mol. The number of rotatable bonds is 10. The first kappa shape index (κ1) is 28.4. The van der Waals surface area contributed by atoms with Gasteiger partial charge >= 0.3 is 5.97 Å². The number of anilines is 1. The van der Waals surface area contributed by atoms with Crippen molar-refractivity contribution in [3.8, 4) is 11.5 Å².